The molecule has 29 heavy (non-hydrogen) atoms. The van der Waals surface area contributed by atoms with Crippen LogP contribution in [0.2, 0.25) is 5.02 Å². The Balaban J connectivity index is 1.39. The molecule has 7 nitrogen and oxygen atoms in total. The van der Waals surface area contributed by atoms with Crippen molar-refractivity contribution in [3.05, 3.63) is 82.8 Å². The van der Waals surface area contributed by atoms with Crippen LogP contribution in [0.5, 0.6) is 5.75 Å². The summed E-state index contributed by atoms with van der Waals surface area (Å²) in [5.74, 6) is 1.97. The Bertz CT molecular complexity index is 1130. The molecule has 0 unspecified atom stereocenters. The van der Waals surface area contributed by atoms with Gasteiger partial charge in [-0.05, 0) is 42.0 Å². The van der Waals surface area contributed by atoms with E-state index >= 15 is 0 Å². The van der Waals surface area contributed by atoms with Gasteiger partial charge in [0.25, 0.3) is 0 Å². The Hall–Kier alpha value is -3.58. The summed E-state index contributed by atoms with van der Waals surface area (Å²) in [6, 6.07) is 16.6. The first-order valence-electron chi connectivity index (χ1n) is 8.87. The number of benzene rings is 1. The number of nitrogens with zero attached hydrogens (tertiary/aromatic N) is 3. The summed E-state index contributed by atoms with van der Waals surface area (Å²) in [5, 5.41) is 4.75. The van der Waals surface area contributed by atoms with Gasteiger partial charge in [-0.2, -0.15) is 0 Å². The third-order valence-corrected chi connectivity index (χ3v) is 4.48. The fraction of sp³-hybridized carbons (Fsp3) is 0.0952. The average molecular weight is 408 g/mol. The summed E-state index contributed by atoms with van der Waals surface area (Å²) in [6.07, 6.45) is 2.27. The van der Waals surface area contributed by atoms with Crippen molar-refractivity contribution in [1.82, 2.24) is 15.1 Å². The largest absolute Gasteiger partial charge is 0.487 e. The molecule has 4 N–H and O–H groups in total. The normalized spacial score (nSPS) is 10.8. The summed E-state index contributed by atoms with van der Waals surface area (Å²) in [5.41, 5.74) is 14.8. The van der Waals surface area contributed by atoms with E-state index in [0.29, 0.717) is 41.0 Å². The summed E-state index contributed by atoms with van der Waals surface area (Å²) < 4.78 is 11.2. The first-order chi connectivity index (χ1) is 14.1. The highest BCUT2D eigenvalue weighted by Gasteiger charge is 2.11. The molecule has 1 aromatic carbocycles. The van der Waals surface area contributed by atoms with E-state index in [0.717, 1.165) is 22.7 Å². The fourth-order valence-electron chi connectivity index (χ4n) is 2.82. The van der Waals surface area contributed by atoms with E-state index in [1.165, 1.54) is 0 Å². The number of ether oxygens (including phenoxy) is 1. The van der Waals surface area contributed by atoms with Gasteiger partial charge in [0.1, 0.15) is 24.0 Å². The van der Waals surface area contributed by atoms with Crippen molar-refractivity contribution < 1.29 is 9.26 Å². The lowest BCUT2D eigenvalue weighted by Gasteiger charge is -2.06. The van der Waals surface area contributed by atoms with Crippen LogP contribution >= 0.6 is 11.6 Å². The number of anilines is 2. The van der Waals surface area contributed by atoms with Crippen molar-refractivity contribution in [1.29, 1.82) is 0 Å². The maximum atomic E-state index is 5.96. The van der Waals surface area contributed by atoms with E-state index in [4.69, 9.17) is 32.3 Å². The molecule has 0 amide bonds. The smallest absolute Gasteiger partial charge is 0.170 e. The zero-order valence-electron chi connectivity index (χ0n) is 15.4. The fourth-order valence-corrected chi connectivity index (χ4v) is 3.00. The molecule has 146 valence electrons. The second-order valence-corrected chi connectivity index (χ2v) is 6.86. The molecule has 0 saturated carbocycles. The number of nitrogen functional groups attached to an aromatic ring is 2. The van der Waals surface area contributed by atoms with Crippen molar-refractivity contribution in [2.45, 2.75) is 13.0 Å². The quantitative estimate of drug-likeness (QED) is 0.494. The minimum Gasteiger partial charge on any atom is -0.487 e. The lowest BCUT2D eigenvalue weighted by molar-refractivity contribution is 0.301. The van der Waals surface area contributed by atoms with Crippen LogP contribution in [0.3, 0.4) is 0 Å². The van der Waals surface area contributed by atoms with Gasteiger partial charge in [-0.25, -0.2) is 4.98 Å². The summed E-state index contributed by atoms with van der Waals surface area (Å²) in [6.45, 7) is 0.351. The maximum Gasteiger partial charge on any atom is 0.170 e. The monoisotopic (exact) mass is 407 g/mol. The van der Waals surface area contributed by atoms with Crippen LogP contribution in [0.15, 0.2) is 65.3 Å². The number of hydrogen-bond acceptors (Lipinski definition) is 7. The Morgan fingerprint density at radius 1 is 0.966 bits per heavy atom. The second-order valence-electron chi connectivity index (χ2n) is 6.43. The Kier molecular flexibility index (Phi) is 5.31. The van der Waals surface area contributed by atoms with Crippen molar-refractivity contribution >= 4 is 23.2 Å². The molecule has 8 heteroatoms. The van der Waals surface area contributed by atoms with Crippen LogP contribution in [0.1, 0.15) is 17.0 Å². The Morgan fingerprint density at radius 3 is 2.55 bits per heavy atom. The van der Waals surface area contributed by atoms with Gasteiger partial charge in [-0.1, -0.05) is 28.9 Å². The van der Waals surface area contributed by atoms with Gasteiger partial charge in [0, 0.05) is 23.7 Å². The van der Waals surface area contributed by atoms with E-state index in [1.54, 1.807) is 30.5 Å². The van der Waals surface area contributed by atoms with Crippen LogP contribution in [-0.4, -0.2) is 15.1 Å². The average Bonchev–Trinajstić information content (AvgIpc) is 3.16. The highest BCUT2D eigenvalue weighted by molar-refractivity contribution is 6.30. The molecule has 0 aliphatic heterocycles. The predicted octanol–water partition coefficient (Wildman–Crippen LogP) is 4.12. The highest BCUT2D eigenvalue weighted by atomic mass is 35.5. The molecule has 0 aliphatic rings. The van der Waals surface area contributed by atoms with Gasteiger partial charge >= 0.3 is 0 Å². The van der Waals surface area contributed by atoms with E-state index in [1.807, 2.05) is 30.3 Å². The summed E-state index contributed by atoms with van der Waals surface area (Å²) >= 11 is 5.96. The van der Waals surface area contributed by atoms with Crippen LogP contribution in [0.4, 0.5) is 11.6 Å². The zero-order valence-corrected chi connectivity index (χ0v) is 16.1. The number of halogens is 1. The highest BCUT2D eigenvalue weighted by Crippen LogP contribution is 2.27. The third-order valence-electron chi connectivity index (χ3n) is 4.24. The molecule has 0 atom stereocenters. The number of nitrogens with two attached hydrogens (primary N) is 2. The maximum absolute atomic E-state index is 5.96. The van der Waals surface area contributed by atoms with Gasteiger partial charge in [-0.15, -0.1) is 0 Å². The Morgan fingerprint density at radius 2 is 1.79 bits per heavy atom. The van der Waals surface area contributed by atoms with Crippen molar-refractivity contribution in [2.75, 3.05) is 11.5 Å². The van der Waals surface area contributed by atoms with Gasteiger partial charge in [0.15, 0.2) is 5.76 Å². The molecule has 3 aromatic heterocycles. The van der Waals surface area contributed by atoms with Gasteiger partial charge < -0.3 is 20.7 Å². The van der Waals surface area contributed by atoms with E-state index < -0.39 is 0 Å². The zero-order chi connectivity index (χ0) is 20.2. The Labute approximate surface area is 172 Å². The van der Waals surface area contributed by atoms with Crippen molar-refractivity contribution in [3.8, 4) is 17.1 Å². The van der Waals surface area contributed by atoms with Crippen LogP contribution in [0.25, 0.3) is 11.3 Å². The van der Waals surface area contributed by atoms with Crippen molar-refractivity contribution in [3.63, 3.8) is 0 Å². The topological polar surface area (TPSA) is 113 Å². The van der Waals surface area contributed by atoms with Crippen LogP contribution in [0, 0.1) is 0 Å². The molecule has 0 spiro atoms. The summed E-state index contributed by atoms with van der Waals surface area (Å²) in [7, 11) is 0. The third kappa shape index (κ3) is 4.64. The molecular weight excluding hydrogens is 390 g/mol. The second kappa shape index (κ2) is 8.20. The number of aromatic nitrogens is 3. The van der Waals surface area contributed by atoms with Gasteiger partial charge in [0.05, 0.1) is 17.0 Å². The standard InChI is InChI=1S/C21H18ClN5O2/c22-14-7-8-25-16(10-14)12-28-17-3-1-13(2-4-17)9-15-11-19(29-27-15)18-5-6-20(23)26-21(18)24/h1-8,10-11H,9,12H2,(H4,23,24,26). The van der Waals surface area contributed by atoms with Crippen LogP contribution < -0.4 is 16.2 Å². The lowest BCUT2D eigenvalue weighted by Crippen LogP contribution is -1.98. The molecule has 3 heterocycles. The lowest BCUT2D eigenvalue weighted by atomic mass is 10.1. The van der Waals surface area contributed by atoms with E-state index in [9.17, 15) is 0 Å². The van der Waals surface area contributed by atoms with Crippen LogP contribution in [-0.2, 0) is 13.0 Å². The van der Waals surface area contributed by atoms with E-state index in [2.05, 4.69) is 15.1 Å². The predicted molar refractivity (Wildman–Crippen MR) is 111 cm³/mol. The number of pyridine rings is 2. The molecule has 0 fully saturated rings. The first-order valence-corrected chi connectivity index (χ1v) is 9.25. The number of hydrogen-bond donors (Lipinski definition) is 2. The first kappa shape index (κ1) is 18.8. The molecule has 0 aliphatic carbocycles. The number of rotatable bonds is 6. The minimum atomic E-state index is 0.309. The molecular formula is C21H18ClN5O2. The van der Waals surface area contributed by atoms with Gasteiger partial charge in [0.2, 0.25) is 0 Å². The summed E-state index contributed by atoms with van der Waals surface area (Å²) in [4.78, 5) is 8.26. The molecule has 4 aromatic rings. The van der Waals surface area contributed by atoms with Gasteiger partial charge in [-0.3, -0.25) is 4.98 Å². The molecule has 4 rings (SSSR count). The van der Waals surface area contributed by atoms with Crippen molar-refractivity contribution in [2.24, 2.45) is 0 Å². The molecule has 0 radical (unpaired) electrons. The van der Waals surface area contributed by atoms with E-state index in [-0.39, 0.29) is 0 Å². The SMILES string of the molecule is Nc1ccc(-c2cc(Cc3ccc(OCc4cc(Cl)ccn4)cc3)no2)c(N)n1. The molecule has 0 saturated heterocycles. The molecule has 0 bridgehead atoms. The minimum absolute atomic E-state index is 0.309.